The molecule has 4 rings (SSSR count). The van der Waals surface area contributed by atoms with E-state index in [2.05, 4.69) is 22.0 Å². The van der Waals surface area contributed by atoms with E-state index in [0.717, 1.165) is 86.8 Å². The Hall–Kier alpha value is -2.99. The molecule has 0 aliphatic carbocycles. The minimum Gasteiger partial charge on any atom is -0.497 e. The van der Waals surface area contributed by atoms with Gasteiger partial charge in [-0.1, -0.05) is 18.2 Å². The highest BCUT2D eigenvalue weighted by Gasteiger charge is 2.29. The number of ether oxygens (including phenoxy) is 1. The third kappa shape index (κ3) is 7.03. The number of aryl methyl sites for hydroxylation is 2. The van der Waals surface area contributed by atoms with Crippen molar-refractivity contribution in [2.24, 2.45) is 11.8 Å². The number of halogens is 1. The lowest BCUT2D eigenvalue weighted by Crippen LogP contribution is -2.41. The molecule has 0 amide bonds. The summed E-state index contributed by atoms with van der Waals surface area (Å²) in [6, 6.07) is 15.1. The number of hydrogen-bond donors (Lipinski definition) is 1. The lowest BCUT2D eigenvalue weighted by molar-refractivity contribution is -0.137. The molecule has 36 heavy (non-hydrogen) atoms. The molecule has 1 aliphatic heterocycles. The molecular weight excluding hydrogens is 455 g/mol. The number of likely N-dealkylation sites (tertiary alicyclic amines) is 1. The summed E-state index contributed by atoms with van der Waals surface area (Å²) in [7, 11) is 1.68. The zero-order valence-corrected chi connectivity index (χ0v) is 21.2. The van der Waals surface area contributed by atoms with Crippen LogP contribution in [0.3, 0.4) is 0 Å². The summed E-state index contributed by atoms with van der Waals surface area (Å²) in [5.74, 6) is 0.916. The third-order valence-corrected chi connectivity index (χ3v) is 7.64. The fraction of sp³-hybridized carbons (Fsp3) is 0.467. The molecule has 1 N–H and O–H groups in total. The molecule has 0 radical (unpaired) electrons. The van der Waals surface area contributed by atoms with Crippen molar-refractivity contribution in [1.82, 2.24) is 9.88 Å². The maximum Gasteiger partial charge on any atom is 0.303 e. The zero-order valence-electron chi connectivity index (χ0n) is 21.2. The summed E-state index contributed by atoms with van der Waals surface area (Å²) in [6.07, 6.45) is 8.69. The number of methoxy groups -OCH3 is 1. The van der Waals surface area contributed by atoms with Gasteiger partial charge in [0, 0.05) is 24.5 Å². The standard InChI is InChI=1S/C30H37FN2O3/c1-36-26-12-13-29-27(20-26)23(15-17-32-29)8-4-7-22-16-19-33(21-25(22)11-14-30(34)35)18-5-9-24-6-2-3-10-28(24)31/h2-3,6,10,12-13,15,17,20,22,25H,4-5,7-9,11,14,16,18-19,21H2,1H3,(H,34,35). The SMILES string of the molecule is COc1ccc2nccc(CCCC3CCN(CCCc4ccccc4F)CC3CCC(=O)O)c2c1. The van der Waals surface area contributed by atoms with Crippen LogP contribution in [-0.4, -0.2) is 47.7 Å². The summed E-state index contributed by atoms with van der Waals surface area (Å²) >= 11 is 0. The maximum absolute atomic E-state index is 13.9. The number of pyridine rings is 1. The summed E-state index contributed by atoms with van der Waals surface area (Å²) < 4.78 is 19.3. The molecule has 2 heterocycles. The Bertz CT molecular complexity index is 1150. The lowest BCUT2D eigenvalue weighted by Gasteiger charge is -2.39. The second-order valence-electron chi connectivity index (χ2n) is 9.98. The highest BCUT2D eigenvalue weighted by molar-refractivity contribution is 5.83. The van der Waals surface area contributed by atoms with Gasteiger partial charge in [-0.3, -0.25) is 9.78 Å². The predicted octanol–water partition coefficient (Wildman–Crippen LogP) is 6.14. The Labute approximate surface area is 213 Å². The van der Waals surface area contributed by atoms with E-state index in [9.17, 15) is 14.3 Å². The van der Waals surface area contributed by atoms with Crippen LogP contribution in [0.1, 0.15) is 49.7 Å². The first-order chi connectivity index (χ1) is 17.5. The van der Waals surface area contributed by atoms with Crippen LogP contribution in [0.2, 0.25) is 0 Å². The van der Waals surface area contributed by atoms with Crippen molar-refractivity contribution < 1.29 is 19.0 Å². The number of hydrogen-bond acceptors (Lipinski definition) is 4. The van der Waals surface area contributed by atoms with Gasteiger partial charge in [0.1, 0.15) is 11.6 Å². The number of nitrogens with zero attached hydrogens (tertiary/aromatic N) is 2. The van der Waals surface area contributed by atoms with E-state index < -0.39 is 5.97 Å². The van der Waals surface area contributed by atoms with Crippen LogP contribution in [-0.2, 0) is 17.6 Å². The van der Waals surface area contributed by atoms with Gasteiger partial charge in [-0.15, -0.1) is 0 Å². The van der Waals surface area contributed by atoms with Crippen molar-refractivity contribution in [2.45, 2.75) is 51.4 Å². The molecule has 1 saturated heterocycles. The van der Waals surface area contributed by atoms with Crippen molar-refractivity contribution >= 4 is 16.9 Å². The summed E-state index contributed by atoms with van der Waals surface area (Å²) in [5.41, 5.74) is 3.04. The fourth-order valence-corrected chi connectivity index (χ4v) is 5.65. The molecule has 0 spiro atoms. The van der Waals surface area contributed by atoms with Gasteiger partial charge >= 0.3 is 5.97 Å². The second-order valence-corrected chi connectivity index (χ2v) is 9.98. The first-order valence-electron chi connectivity index (χ1n) is 13.1. The number of aliphatic carboxylic acids is 1. The minimum atomic E-state index is -0.720. The van der Waals surface area contributed by atoms with E-state index in [4.69, 9.17) is 4.74 Å². The molecule has 2 aromatic carbocycles. The number of benzene rings is 2. The Kier molecular flexibility index (Phi) is 9.29. The third-order valence-electron chi connectivity index (χ3n) is 7.64. The fourth-order valence-electron chi connectivity index (χ4n) is 5.65. The molecule has 2 unspecified atom stereocenters. The van der Waals surface area contributed by atoms with Crippen LogP contribution in [0.25, 0.3) is 10.9 Å². The number of aromatic nitrogens is 1. The van der Waals surface area contributed by atoms with Crippen LogP contribution < -0.4 is 4.74 Å². The number of carbonyl (C=O) groups is 1. The molecule has 1 fully saturated rings. The predicted molar refractivity (Wildman–Crippen MR) is 141 cm³/mol. The van der Waals surface area contributed by atoms with E-state index in [1.165, 1.54) is 11.6 Å². The highest BCUT2D eigenvalue weighted by atomic mass is 19.1. The molecule has 3 aromatic rings. The van der Waals surface area contributed by atoms with Crippen molar-refractivity contribution in [3.63, 3.8) is 0 Å². The molecular formula is C30H37FN2O3. The maximum atomic E-state index is 13.9. The molecule has 2 atom stereocenters. The van der Waals surface area contributed by atoms with Crippen LogP contribution in [0.15, 0.2) is 54.7 Å². The van der Waals surface area contributed by atoms with Gasteiger partial charge < -0.3 is 14.7 Å². The van der Waals surface area contributed by atoms with Crippen LogP contribution in [0.4, 0.5) is 4.39 Å². The average molecular weight is 493 g/mol. The largest absolute Gasteiger partial charge is 0.497 e. The topological polar surface area (TPSA) is 62.7 Å². The molecule has 192 valence electrons. The number of fused-ring (bicyclic) bond motifs is 1. The van der Waals surface area contributed by atoms with E-state index in [0.29, 0.717) is 11.8 Å². The van der Waals surface area contributed by atoms with Gasteiger partial charge in [0.25, 0.3) is 0 Å². The Morgan fingerprint density at radius 2 is 1.92 bits per heavy atom. The monoisotopic (exact) mass is 492 g/mol. The molecule has 1 aliphatic rings. The first kappa shape index (κ1) is 26.1. The van der Waals surface area contributed by atoms with Crippen molar-refractivity contribution in [3.8, 4) is 5.75 Å². The van der Waals surface area contributed by atoms with Crippen molar-refractivity contribution in [1.29, 1.82) is 0 Å². The lowest BCUT2D eigenvalue weighted by atomic mass is 9.79. The van der Waals surface area contributed by atoms with E-state index in [1.807, 2.05) is 30.5 Å². The van der Waals surface area contributed by atoms with Gasteiger partial charge in [-0.2, -0.15) is 0 Å². The smallest absolute Gasteiger partial charge is 0.303 e. The number of carboxylic acid groups (broad SMARTS) is 1. The molecule has 0 saturated carbocycles. The number of carboxylic acids is 1. The number of rotatable bonds is 12. The summed E-state index contributed by atoms with van der Waals surface area (Å²) in [6.45, 7) is 2.89. The van der Waals surface area contributed by atoms with Crippen LogP contribution >= 0.6 is 0 Å². The Morgan fingerprint density at radius 3 is 2.72 bits per heavy atom. The summed E-state index contributed by atoms with van der Waals surface area (Å²) in [4.78, 5) is 18.2. The molecule has 5 nitrogen and oxygen atoms in total. The normalized spacial score (nSPS) is 18.4. The highest BCUT2D eigenvalue weighted by Crippen LogP contribution is 2.32. The number of piperidine rings is 1. The second kappa shape index (κ2) is 12.8. The van der Waals surface area contributed by atoms with Crippen molar-refractivity contribution in [2.75, 3.05) is 26.7 Å². The molecule has 1 aromatic heterocycles. The average Bonchev–Trinajstić information content (AvgIpc) is 2.89. The Morgan fingerprint density at radius 1 is 1.08 bits per heavy atom. The van der Waals surface area contributed by atoms with Crippen molar-refractivity contribution in [3.05, 3.63) is 71.7 Å². The van der Waals surface area contributed by atoms with Gasteiger partial charge in [-0.05, 0) is 111 Å². The molecule has 0 bridgehead atoms. The van der Waals surface area contributed by atoms with E-state index in [-0.39, 0.29) is 12.2 Å². The van der Waals surface area contributed by atoms with Crippen LogP contribution in [0, 0.1) is 17.7 Å². The quantitative estimate of drug-likeness (QED) is 0.329. The summed E-state index contributed by atoms with van der Waals surface area (Å²) in [5, 5.41) is 10.4. The Balaban J connectivity index is 1.32. The van der Waals surface area contributed by atoms with Gasteiger partial charge in [0.05, 0.1) is 12.6 Å². The van der Waals surface area contributed by atoms with Gasteiger partial charge in [-0.25, -0.2) is 4.39 Å². The van der Waals surface area contributed by atoms with Crippen LogP contribution in [0.5, 0.6) is 5.75 Å². The van der Waals surface area contributed by atoms with E-state index in [1.54, 1.807) is 13.2 Å². The molecule has 6 heteroatoms. The van der Waals surface area contributed by atoms with Gasteiger partial charge in [0.2, 0.25) is 0 Å². The van der Waals surface area contributed by atoms with Gasteiger partial charge in [0.15, 0.2) is 0 Å². The minimum absolute atomic E-state index is 0.129. The first-order valence-corrected chi connectivity index (χ1v) is 13.1. The van der Waals surface area contributed by atoms with E-state index >= 15 is 0 Å². The zero-order chi connectivity index (χ0) is 25.3.